The Balaban J connectivity index is 1.70. The maximum atomic E-state index is 13.0. The maximum absolute atomic E-state index is 13.0. The van der Waals surface area contributed by atoms with Gasteiger partial charge in [-0.1, -0.05) is 16.8 Å². The number of rotatable bonds is 4. The molecule has 0 spiro atoms. The Labute approximate surface area is 131 Å². The molecule has 0 unspecified atom stereocenters. The van der Waals surface area contributed by atoms with Gasteiger partial charge in [0.15, 0.2) is 6.61 Å². The highest BCUT2D eigenvalue weighted by Gasteiger charge is 2.10. The van der Waals surface area contributed by atoms with Crippen molar-refractivity contribution in [3.63, 3.8) is 0 Å². The van der Waals surface area contributed by atoms with E-state index < -0.39 is 0 Å². The standard InChI is InChI=1S/C16H12ClFN2O2/c1-10-8-13(18)6-7-14(10)21-9-15-19-16(22-20-15)11-2-4-12(17)5-3-11/h2-8H,9H2,1H3. The summed E-state index contributed by atoms with van der Waals surface area (Å²) in [4.78, 5) is 4.25. The van der Waals surface area contributed by atoms with E-state index in [9.17, 15) is 4.39 Å². The number of aromatic nitrogens is 2. The van der Waals surface area contributed by atoms with Crippen molar-refractivity contribution < 1.29 is 13.7 Å². The lowest BCUT2D eigenvalue weighted by molar-refractivity contribution is 0.285. The number of hydrogen-bond donors (Lipinski definition) is 0. The van der Waals surface area contributed by atoms with E-state index >= 15 is 0 Å². The zero-order chi connectivity index (χ0) is 15.5. The predicted molar refractivity (Wildman–Crippen MR) is 80.2 cm³/mol. The van der Waals surface area contributed by atoms with E-state index in [0.717, 1.165) is 5.56 Å². The first-order valence-corrected chi connectivity index (χ1v) is 6.97. The fourth-order valence-electron chi connectivity index (χ4n) is 1.94. The van der Waals surface area contributed by atoms with E-state index in [-0.39, 0.29) is 12.4 Å². The molecule has 0 N–H and O–H groups in total. The van der Waals surface area contributed by atoms with Gasteiger partial charge in [-0.3, -0.25) is 0 Å². The minimum atomic E-state index is -0.297. The lowest BCUT2D eigenvalue weighted by Gasteiger charge is -2.06. The Morgan fingerprint density at radius 3 is 2.68 bits per heavy atom. The highest BCUT2D eigenvalue weighted by molar-refractivity contribution is 6.30. The van der Waals surface area contributed by atoms with Crippen molar-refractivity contribution in [2.75, 3.05) is 0 Å². The lowest BCUT2D eigenvalue weighted by Crippen LogP contribution is -1.99. The van der Waals surface area contributed by atoms with Gasteiger partial charge in [-0.25, -0.2) is 4.39 Å². The first-order valence-electron chi connectivity index (χ1n) is 6.59. The molecule has 0 radical (unpaired) electrons. The molecule has 6 heteroatoms. The Kier molecular flexibility index (Phi) is 4.06. The van der Waals surface area contributed by atoms with Crippen LogP contribution in [0.3, 0.4) is 0 Å². The van der Waals surface area contributed by atoms with Crippen molar-refractivity contribution >= 4 is 11.6 Å². The van der Waals surface area contributed by atoms with Gasteiger partial charge in [-0.15, -0.1) is 0 Å². The van der Waals surface area contributed by atoms with Crippen LogP contribution >= 0.6 is 11.6 Å². The van der Waals surface area contributed by atoms with Gasteiger partial charge in [-0.2, -0.15) is 4.98 Å². The van der Waals surface area contributed by atoms with E-state index in [1.54, 1.807) is 37.3 Å². The molecule has 3 rings (SSSR count). The first kappa shape index (κ1) is 14.5. The lowest BCUT2D eigenvalue weighted by atomic mass is 10.2. The highest BCUT2D eigenvalue weighted by Crippen LogP contribution is 2.21. The summed E-state index contributed by atoms with van der Waals surface area (Å²) in [7, 11) is 0. The molecule has 112 valence electrons. The number of ether oxygens (including phenoxy) is 1. The second kappa shape index (κ2) is 6.15. The molecular formula is C16H12ClFN2O2. The van der Waals surface area contributed by atoms with Crippen LogP contribution in [0.1, 0.15) is 11.4 Å². The molecule has 0 amide bonds. The van der Waals surface area contributed by atoms with Crippen LogP contribution in [0.5, 0.6) is 5.75 Å². The smallest absolute Gasteiger partial charge is 0.258 e. The average Bonchev–Trinajstić information content (AvgIpc) is 2.96. The summed E-state index contributed by atoms with van der Waals surface area (Å²) >= 11 is 5.83. The molecule has 1 heterocycles. The van der Waals surface area contributed by atoms with Gasteiger partial charge in [0.2, 0.25) is 5.82 Å². The second-order valence-electron chi connectivity index (χ2n) is 4.72. The zero-order valence-corrected chi connectivity index (χ0v) is 12.5. The third-order valence-corrected chi connectivity index (χ3v) is 3.30. The van der Waals surface area contributed by atoms with Gasteiger partial charge in [0.25, 0.3) is 5.89 Å². The largest absolute Gasteiger partial charge is 0.485 e. The SMILES string of the molecule is Cc1cc(F)ccc1OCc1noc(-c2ccc(Cl)cc2)n1. The summed E-state index contributed by atoms with van der Waals surface area (Å²) in [6.07, 6.45) is 0. The Morgan fingerprint density at radius 1 is 1.18 bits per heavy atom. The summed E-state index contributed by atoms with van der Waals surface area (Å²) in [5, 5.41) is 4.50. The Bertz CT molecular complexity index is 787. The minimum Gasteiger partial charge on any atom is -0.485 e. The van der Waals surface area contributed by atoms with Crippen LogP contribution < -0.4 is 4.74 Å². The van der Waals surface area contributed by atoms with Crippen LogP contribution in [-0.2, 0) is 6.61 Å². The highest BCUT2D eigenvalue weighted by atomic mass is 35.5. The third kappa shape index (κ3) is 3.26. The summed E-state index contributed by atoms with van der Waals surface area (Å²) < 4.78 is 23.8. The van der Waals surface area contributed by atoms with Crippen LogP contribution in [0.4, 0.5) is 4.39 Å². The molecule has 0 atom stereocenters. The Hall–Kier alpha value is -2.40. The van der Waals surface area contributed by atoms with Gasteiger partial charge < -0.3 is 9.26 Å². The van der Waals surface area contributed by atoms with Crippen molar-refractivity contribution in [2.24, 2.45) is 0 Å². The third-order valence-electron chi connectivity index (χ3n) is 3.05. The van der Waals surface area contributed by atoms with Crippen molar-refractivity contribution in [3.8, 4) is 17.2 Å². The van der Waals surface area contributed by atoms with Crippen molar-refractivity contribution in [1.82, 2.24) is 10.1 Å². The van der Waals surface area contributed by atoms with Crippen LogP contribution in [0.25, 0.3) is 11.5 Å². The molecule has 0 fully saturated rings. The molecular weight excluding hydrogens is 307 g/mol. The summed E-state index contributed by atoms with van der Waals surface area (Å²) in [6.45, 7) is 1.91. The summed E-state index contributed by atoms with van der Waals surface area (Å²) in [5.74, 6) is 1.09. The molecule has 0 saturated heterocycles. The van der Waals surface area contributed by atoms with Crippen LogP contribution in [-0.4, -0.2) is 10.1 Å². The van der Waals surface area contributed by atoms with Crippen molar-refractivity contribution in [2.45, 2.75) is 13.5 Å². The molecule has 0 aliphatic carbocycles. The number of aryl methyl sites for hydroxylation is 1. The summed E-state index contributed by atoms with van der Waals surface area (Å²) in [5.41, 5.74) is 1.49. The normalized spacial score (nSPS) is 10.7. The molecule has 2 aromatic carbocycles. The van der Waals surface area contributed by atoms with Crippen LogP contribution in [0.15, 0.2) is 47.0 Å². The van der Waals surface area contributed by atoms with E-state index in [2.05, 4.69) is 10.1 Å². The monoisotopic (exact) mass is 318 g/mol. The van der Waals surface area contributed by atoms with Crippen molar-refractivity contribution in [1.29, 1.82) is 0 Å². The summed E-state index contributed by atoms with van der Waals surface area (Å²) in [6, 6.07) is 11.4. The molecule has 0 aliphatic rings. The van der Waals surface area contributed by atoms with Gasteiger partial charge in [-0.05, 0) is 55.0 Å². The number of halogens is 2. The molecule has 0 bridgehead atoms. The Morgan fingerprint density at radius 2 is 1.95 bits per heavy atom. The van der Waals surface area contributed by atoms with Gasteiger partial charge in [0.05, 0.1) is 0 Å². The van der Waals surface area contributed by atoms with E-state index in [4.69, 9.17) is 20.9 Å². The van der Waals surface area contributed by atoms with Crippen LogP contribution in [0, 0.1) is 12.7 Å². The van der Waals surface area contributed by atoms with Gasteiger partial charge in [0, 0.05) is 10.6 Å². The first-order chi connectivity index (χ1) is 10.6. The predicted octanol–water partition coefficient (Wildman–Crippen LogP) is 4.42. The molecule has 22 heavy (non-hydrogen) atoms. The molecule has 0 saturated carbocycles. The number of benzene rings is 2. The molecule has 1 aromatic heterocycles. The topological polar surface area (TPSA) is 48.2 Å². The second-order valence-corrected chi connectivity index (χ2v) is 5.16. The molecule has 4 nitrogen and oxygen atoms in total. The number of hydrogen-bond acceptors (Lipinski definition) is 4. The molecule has 3 aromatic rings. The van der Waals surface area contributed by atoms with Gasteiger partial charge >= 0.3 is 0 Å². The minimum absolute atomic E-state index is 0.142. The quantitative estimate of drug-likeness (QED) is 0.714. The van der Waals surface area contributed by atoms with E-state index in [1.165, 1.54) is 12.1 Å². The fourth-order valence-corrected chi connectivity index (χ4v) is 2.07. The van der Waals surface area contributed by atoms with E-state index in [1.807, 2.05) is 0 Å². The molecule has 0 aliphatic heterocycles. The maximum Gasteiger partial charge on any atom is 0.258 e. The number of nitrogens with zero attached hydrogens (tertiary/aromatic N) is 2. The fraction of sp³-hybridized carbons (Fsp3) is 0.125. The van der Waals surface area contributed by atoms with Gasteiger partial charge in [0.1, 0.15) is 11.6 Å². The van der Waals surface area contributed by atoms with Crippen LogP contribution in [0.2, 0.25) is 5.02 Å². The van der Waals surface area contributed by atoms with Crippen molar-refractivity contribution in [3.05, 3.63) is 64.7 Å². The zero-order valence-electron chi connectivity index (χ0n) is 11.7. The average molecular weight is 319 g/mol. The van der Waals surface area contributed by atoms with E-state index in [0.29, 0.717) is 28.1 Å².